The number of aliphatic hydroxyl groups is 10. The van der Waals surface area contributed by atoms with Gasteiger partial charge < -0.3 is 70.7 Å². The van der Waals surface area contributed by atoms with Crippen LogP contribution in [0.2, 0.25) is 0 Å². The molecule has 1 unspecified atom stereocenters. The molecule has 2 rings (SSSR count). The summed E-state index contributed by atoms with van der Waals surface area (Å²) < 4.78 is 34.9. The van der Waals surface area contributed by atoms with Gasteiger partial charge in [0.25, 0.3) is 0 Å². The molecule has 0 aromatic rings. The molecular weight excluding hydrogens is 966 g/mol. The van der Waals surface area contributed by atoms with Gasteiger partial charge in [-0.1, -0.05) is 226 Å². The molecule has 73 heavy (non-hydrogen) atoms. The standard InChI is InChI=1S/C54H106NO17P/c1-3-5-7-9-11-13-15-17-18-19-20-21-22-23-25-27-29-31-33-35-37-42(58)53(66)55-40(41(57)36-34-32-30-28-26-24-16-14-12-10-8-6-4-2)39-69-73(67,68)72-52-49(64)47(62)46(61)48(63)51(52)71-54-50(65)45(60)44(59)43(38-56)70-54/h40-52,54,56-65H,3-39H2,1-2H3,(H,55,66)(H,67,68)/t40-,41+,42-,43+,44+,45-,46+,47+,48-,49+,50-,51+,52+,54-/m0/s1. The van der Waals surface area contributed by atoms with E-state index in [0.717, 1.165) is 51.4 Å². The van der Waals surface area contributed by atoms with Gasteiger partial charge in [0.2, 0.25) is 5.91 Å². The number of rotatable bonds is 46. The second-order valence-corrected chi connectivity index (χ2v) is 22.7. The van der Waals surface area contributed by atoms with Crippen LogP contribution in [0, 0.1) is 0 Å². The molecule has 1 amide bonds. The van der Waals surface area contributed by atoms with Crippen molar-refractivity contribution in [1.29, 1.82) is 0 Å². The SMILES string of the molecule is CCCCCCCCCCCCCCCCCCCCCC[C@H](O)C(=O)N[C@@H](COP(=O)(O)O[C@@H]1[C@H](O)[C@H](O)[C@@H](O)[C@H](O)[C@H]1O[C@@H]1O[C@H](CO)[C@@H](O)[C@H](O)[C@@H]1O)[C@H](O)CCCCCCCCCCCCCCC. The van der Waals surface area contributed by atoms with E-state index >= 15 is 0 Å². The highest BCUT2D eigenvalue weighted by Crippen LogP contribution is 2.48. The van der Waals surface area contributed by atoms with E-state index in [1.807, 2.05) is 0 Å². The molecule has 1 saturated carbocycles. The lowest BCUT2D eigenvalue weighted by Gasteiger charge is -2.47. The number of carbonyl (C=O) groups is 1. The maximum atomic E-state index is 13.5. The molecule has 2 aliphatic rings. The maximum Gasteiger partial charge on any atom is 0.472 e. The summed E-state index contributed by atoms with van der Waals surface area (Å²) in [5.74, 6) is -0.805. The average molecular weight is 1070 g/mol. The zero-order valence-corrected chi connectivity index (χ0v) is 46.0. The number of amides is 1. The monoisotopic (exact) mass is 1070 g/mol. The minimum absolute atomic E-state index is 0.167. The fraction of sp³-hybridized carbons (Fsp3) is 0.981. The number of hydrogen-bond donors (Lipinski definition) is 12. The summed E-state index contributed by atoms with van der Waals surface area (Å²) in [7, 11) is -5.39. The summed E-state index contributed by atoms with van der Waals surface area (Å²) >= 11 is 0. The first-order chi connectivity index (χ1) is 35.1. The van der Waals surface area contributed by atoms with E-state index in [-0.39, 0.29) is 12.8 Å². The van der Waals surface area contributed by atoms with E-state index in [1.54, 1.807) is 0 Å². The molecule has 12 N–H and O–H groups in total. The number of phosphoric acid groups is 1. The van der Waals surface area contributed by atoms with Crippen molar-refractivity contribution >= 4 is 13.7 Å². The summed E-state index contributed by atoms with van der Waals surface area (Å²) in [6.07, 6.45) is 14.7. The predicted molar refractivity (Wildman–Crippen MR) is 280 cm³/mol. The summed E-state index contributed by atoms with van der Waals surface area (Å²) in [4.78, 5) is 24.3. The highest BCUT2D eigenvalue weighted by atomic mass is 31.2. The molecule has 0 bridgehead atoms. The fourth-order valence-corrected chi connectivity index (χ4v) is 10.9. The number of hydrogen-bond acceptors (Lipinski definition) is 16. The van der Waals surface area contributed by atoms with E-state index in [4.69, 9.17) is 18.5 Å². The van der Waals surface area contributed by atoms with Crippen LogP contribution in [0.5, 0.6) is 0 Å². The Hall–Kier alpha value is -0.900. The smallest absolute Gasteiger partial charge is 0.394 e. The first kappa shape index (κ1) is 68.2. The first-order valence-corrected chi connectivity index (χ1v) is 30.6. The second kappa shape index (κ2) is 41.2. The molecule has 18 nitrogen and oxygen atoms in total. The number of carbonyl (C=O) groups excluding carboxylic acids is 1. The molecule has 2 fully saturated rings. The molecule has 1 aliphatic heterocycles. The van der Waals surface area contributed by atoms with Crippen LogP contribution in [-0.4, -0.2) is 161 Å². The van der Waals surface area contributed by atoms with Crippen LogP contribution in [0.4, 0.5) is 0 Å². The Bertz CT molecular complexity index is 1390. The lowest BCUT2D eigenvalue weighted by atomic mass is 9.84. The van der Waals surface area contributed by atoms with Crippen molar-refractivity contribution in [2.24, 2.45) is 0 Å². The molecule has 1 aliphatic carbocycles. The van der Waals surface area contributed by atoms with Gasteiger partial charge in [0, 0.05) is 0 Å². The minimum Gasteiger partial charge on any atom is -0.394 e. The van der Waals surface area contributed by atoms with E-state index in [9.17, 15) is 65.3 Å². The summed E-state index contributed by atoms with van der Waals surface area (Å²) in [6.45, 7) is 2.80. The van der Waals surface area contributed by atoms with Crippen molar-refractivity contribution in [3.8, 4) is 0 Å². The molecule has 0 aromatic heterocycles. The Morgan fingerprint density at radius 3 is 1.26 bits per heavy atom. The Balaban J connectivity index is 1.89. The molecule has 0 aromatic carbocycles. The molecular formula is C54H106NO17P. The van der Waals surface area contributed by atoms with Crippen LogP contribution in [0.1, 0.15) is 239 Å². The molecule has 15 atom stereocenters. The third-order valence-corrected chi connectivity index (χ3v) is 15.9. The highest BCUT2D eigenvalue weighted by molar-refractivity contribution is 7.47. The van der Waals surface area contributed by atoms with E-state index < -0.39 is 113 Å². The van der Waals surface area contributed by atoms with Gasteiger partial charge in [0.1, 0.15) is 67.1 Å². The molecule has 1 heterocycles. The molecule has 19 heteroatoms. The Labute approximate surface area is 439 Å². The van der Waals surface area contributed by atoms with Crippen molar-refractivity contribution in [2.75, 3.05) is 13.2 Å². The predicted octanol–water partition coefficient (Wildman–Crippen LogP) is 7.03. The Morgan fingerprint density at radius 2 is 0.863 bits per heavy atom. The van der Waals surface area contributed by atoms with Crippen molar-refractivity contribution in [3.63, 3.8) is 0 Å². The van der Waals surface area contributed by atoms with Crippen molar-refractivity contribution in [2.45, 2.75) is 324 Å². The Kier molecular flexibility index (Phi) is 38.5. The number of unbranched alkanes of at least 4 members (excludes halogenated alkanes) is 31. The number of phosphoric ester groups is 1. The number of aliphatic hydroxyl groups excluding tert-OH is 10. The summed E-state index contributed by atoms with van der Waals surface area (Å²) in [5.41, 5.74) is 0. The normalized spacial score (nSPS) is 27.7. The van der Waals surface area contributed by atoms with Gasteiger partial charge in [-0.25, -0.2) is 4.57 Å². The van der Waals surface area contributed by atoms with E-state index in [2.05, 4.69) is 19.2 Å². The summed E-state index contributed by atoms with van der Waals surface area (Å²) in [6, 6.07) is -1.31. The number of ether oxygens (including phenoxy) is 2. The van der Waals surface area contributed by atoms with Gasteiger partial charge in [0.05, 0.1) is 25.4 Å². The van der Waals surface area contributed by atoms with Crippen molar-refractivity contribution in [1.82, 2.24) is 5.32 Å². The van der Waals surface area contributed by atoms with E-state index in [1.165, 1.54) is 148 Å². The average Bonchev–Trinajstić information content (AvgIpc) is 3.37. The minimum atomic E-state index is -5.39. The zero-order valence-electron chi connectivity index (χ0n) is 45.1. The topological polar surface area (TPSA) is 306 Å². The van der Waals surface area contributed by atoms with Gasteiger partial charge in [-0.2, -0.15) is 0 Å². The largest absolute Gasteiger partial charge is 0.472 e. The lowest BCUT2D eigenvalue weighted by Crippen LogP contribution is -2.67. The van der Waals surface area contributed by atoms with Crippen LogP contribution in [0.3, 0.4) is 0 Å². The van der Waals surface area contributed by atoms with Gasteiger partial charge in [0.15, 0.2) is 6.29 Å². The van der Waals surface area contributed by atoms with Crippen molar-refractivity contribution < 1.29 is 83.8 Å². The van der Waals surface area contributed by atoms with Crippen molar-refractivity contribution in [3.05, 3.63) is 0 Å². The zero-order chi connectivity index (χ0) is 53.9. The van der Waals surface area contributed by atoms with Crippen LogP contribution < -0.4 is 5.32 Å². The quantitative estimate of drug-likeness (QED) is 0.0215. The van der Waals surface area contributed by atoms with Crippen LogP contribution in [-0.2, 0) is 27.9 Å². The fourth-order valence-electron chi connectivity index (χ4n) is 9.98. The summed E-state index contributed by atoms with van der Waals surface area (Å²) in [5, 5.41) is 108. The Morgan fingerprint density at radius 1 is 0.507 bits per heavy atom. The molecule has 0 radical (unpaired) electrons. The molecule has 1 saturated heterocycles. The van der Waals surface area contributed by atoms with Gasteiger partial charge >= 0.3 is 7.82 Å². The van der Waals surface area contributed by atoms with Gasteiger partial charge in [-0.05, 0) is 12.8 Å². The first-order valence-electron chi connectivity index (χ1n) is 29.1. The van der Waals surface area contributed by atoms with Gasteiger partial charge in [-0.15, -0.1) is 0 Å². The third kappa shape index (κ3) is 28.5. The van der Waals surface area contributed by atoms with Crippen LogP contribution in [0.25, 0.3) is 0 Å². The third-order valence-electron chi connectivity index (χ3n) is 14.9. The second-order valence-electron chi connectivity index (χ2n) is 21.3. The molecule has 434 valence electrons. The van der Waals surface area contributed by atoms with Crippen LogP contribution in [0.15, 0.2) is 0 Å². The molecule has 0 spiro atoms. The van der Waals surface area contributed by atoms with Crippen LogP contribution >= 0.6 is 7.82 Å². The highest BCUT2D eigenvalue weighted by Gasteiger charge is 2.55. The maximum absolute atomic E-state index is 13.5. The number of nitrogens with one attached hydrogen (secondary N) is 1. The lowest BCUT2D eigenvalue weighted by molar-refractivity contribution is -0.338. The van der Waals surface area contributed by atoms with Gasteiger partial charge in [-0.3, -0.25) is 13.8 Å². The van der Waals surface area contributed by atoms with E-state index in [0.29, 0.717) is 12.8 Å².